The van der Waals surface area contributed by atoms with Crippen molar-refractivity contribution in [3.05, 3.63) is 16.1 Å². The predicted molar refractivity (Wildman–Crippen MR) is 73.9 cm³/mol. The van der Waals surface area contributed by atoms with E-state index in [-0.39, 0.29) is 0 Å². The van der Waals surface area contributed by atoms with Crippen molar-refractivity contribution in [2.24, 2.45) is 0 Å². The van der Waals surface area contributed by atoms with Gasteiger partial charge in [-0.25, -0.2) is 4.98 Å². The first kappa shape index (κ1) is 13.5. The summed E-state index contributed by atoms with van der Waals surface area (Å²) in [6, 6.07) is 0. The lowest BCUT2D eigenvalue weighted by Crippen LogP contribution is -2.47. The van der Waals surface area contributed by atoms with Gasteiger partial charge in [-0.15, -0.1) is 11.3 Å². The molecule has 1 fully saturated rings. The molecule has 1 amide bonds. The fourth-order valence-electron chi connectivity index (χ4n) is 2.16. The molecule has 5 heteroatoms. The maximum atomic E-state index is 12.0. The fourth-order valence-corrected chi connectivity index (χ4v) is 2.80. The molecule has 0 atom stereocenters. The summed E-state index contributed by atoms with van der Waals surface area (Å²) in [4.78, 5) is 20.7. The van der Waals surface area contributed by atoms with Crippen molar-refractivity contribution in [2.45, 2.75) is 26.2 Å². The highest BCUT2D eigenvalue weighted by atomic mass is 32.1. The van der Waals surface area contributed by atoms with Gasteiger partial charge in [-0.2, -0.15) is 0 Å². The Morgan fingerprint density at radius 3 is 2.72 bits per heavy atom. The summed E-state index contributed by atoms with van der Waals surface area (Å²) in [6.45, 7) is 5.77. The van der Waals surface area contributed by atoms with Crippen molar-refractivity contribution in [3.8, 4) is 0 Å². The number of carbonyl (C=O) groups excluding carboxylic acids is 1. The van der Waals surface area contributed by atoms with Gasteiger partial charge in [-0.3, -0.25) is 4.79 Å². The minimum absolute atomic E-state index is 0.301. The summed E-state index contributed by atoms with van der Waals surface area (Å²) >= 11 is 1.68. The van der Waals surface area contributed by atoms with Gasteiger partial charge in [-0.05, 0) is 26.8 Å². The summed E-state index contributed by atoms with van der Waals surface area (Å²) < 4.78 is 0. The minimum atomic E-state index is 0.301. The molecule has 0 N–H and O–H groups in total. The second kappa shape index (κ2) is 6.29. The molecule has 0 radical (unpaired) electrons. The van der Waals surface area contributed by atoms with Crippen LogP contribution < -0.4 is 0 Å². The van der Waals surface area contributed by atoms with Crippen LogP contribution >= 0.6 is 11.3 Å². The predicted octanol–water partition coefficient (Wildman–Crippen LogP) is 1.55. The van der Waals surface area contributed by atoms with Crippen LogP contribution in [0.4, 0.5) is 0 Å². The van der Waals surface area contributed by atoms with Gasteiger partial charge < -0.3 is 9.80 Å². The average molecular weight is 267 g/mol. The zero-order chi connectivity index (χ0) is 13.0. The van der Waals surface area contributed by atoms with Gasteiger partial charge in [0.1, 0.15) is 0 Å². The molecule has 0 aliphatic carbocycles. The number of piperazine rings is 1. The largest absolute Gasteiger partial charge is 0.340 e. The molecule has 2 rings (SSSR count). The first-order chi connectivity index (χ1) is 8.65. The molecule has 0 saturated carbocycles. The van der Waals surface area contributed by atoms with E-state index in [0.717, 1.165) is 49.7 Å². The van der Waals surface area contributed by atoms with Gasteiger partial charge in [0.25, 0.3) is 0 Å². The van der Waals surface area contributed by atoms with E-state index in [1.807, 2.05) is 11.8 Å². The van der Waals surface area contributed by atoms with E-state index in [4.69, 9.17) is 0 Å². The first-order valence-electron chi connectivity index (χ1n) is 6.52. The number of rotatable bonds is 4. The van der Waals surface area contributed by atoms with Gasteiger partial charge >= 0.3 is 0 Å². The molecule has 1 saturated heterocycles. The van der Waals surface area contributed by atoms with E-state index in [0.29, 0.717) is 12.3 Å². The van der Waals surface area contributed by atoms with Crippen LogP contribution in [0.3, 0.4) is 0 Å². The lowest BCUT2D eigenvalue weighted by atomic mass is 10.2. The maximum absolute atomic E-state index is 12.0. The van der Waals surface area contributed by atoms with Crippen LogP contribution in [0, 0.1) is 6.92 Å². The average Bonchev–Trinajstić information content (AvgIpc) is 2.76. The molecule has 4 nitrogen and oxygen atoms in total. The van der Waals surface area contributed by atoms with Crippen molar-refractivity contribution in [1.29, 1.82) is 0 Å². The molecule has 1 aromatic rings. The van der Waals surface area contributed by atoms with E-state index in [1.54, 1.807) is 11.3 Å². The molecule has 0 unspecified atom stereocenters. The lowest BCUT2D eigenvalue weighted by molar-refractivity contribution is -0.132. The Morgan fingerprint density at radius 2 is 2.11 bits per heavy atom. The van der Waals surface area contributed by atoms with Gasteiger partial charge in [0.15, 0.2) is 0 Å². The minimum Gasteiger partial charge on any atom is -0.340 e. The number of likely N-dealkylation sites (N-methyl/N-ethyl adjacent to an activating group) is 1. The van der Waals surface area contributed by atoms with Gasteiger partial charge in [0.05, 0.1) is 10.7 Å². The fraction of sp³-hybridized carbons (Fsp3) is 0.692. The number of aromatic nitrogens is 1. The maximum Gasteiger partial charge on any atom is 0.222 e. The quantitative estimate of drug-likeness (QED) is 0.830. The Balaban J connectivity index is 1.68. The summed E-state index contributed by atoms with van der Waals surface area (Å²) in [5.74, 6) is 0.301. The van der Waals surface area contributed by atoms with Crippen molar-refractivity contribution in [2.75, 3.05) is 33.2 Å². The van der Waals surface area contributed by atoms with Crippen LogP contribution in [0.25, 0.3) is 0 Å². The van der Waals surface area contributed by atoms with Crippen LogP contribution in [0.1, 0.15) is 23.5 Å². The second-order valence-electron chi connectivity index (χ2n) is 4.90. The number of hydrogen-bond donors (Lipinski definition) is 0. The number of amides is 1. The van der Waals surface area contributed by atoms with Crippen molar-refractivity contribution in [3.63, 3.8) is 0 Å². The van der Waals surface area contributed by atoms with Crippen LogP contribution in [0.15, 0.2) is 5.38 Å². The second-order valence-corrected chi connectivity index (χ2v) is 5.96. The Bertz CT molecular complexity index is 397. The third-order valence-corrected chi connectivity index (χ3v) is 4.17. The van der Waals surface area contributed by atoms with Crippen molar-refractivity contribution in [1.82, 2.24) is 14.8 Å². The van der Waals surface area contributed by atoms with Crippen LogP contribution in [-0.4, -0.2) is 53.9 Å². The molecule has 100 valence electrons. The molecule has 1 aliphatic rings. The first-order valence-corrected chi connectivity index (χ1v) is 7.40. The third kappa shape index (κ3) is 3.78. The van der Waals surface area contributed by atoms with E-state index in [2.05, 4.69) is 22.3 Å². The molecule has 1 aromatic heterocycles. The Labute approximate surface area is 113 Å². The summed E-state index contributed by atoms with van der Waals surface area (Å²) in [7, 11) is 2.10. The van der Waals surface area contributed by atoms with E-state index in [1.165, 1.54) is 0 Å². The molecule has 0 aromatic carbocycles. The molecular formula is C13H21N3OS. The Hall–Kier alpha value is -0.940. The van der Waals surface area contributed by atoms with Crippen molar-refractivity contribution < 1.29 is 4.79 Å². The van der Waals surface area contributed by atoms with Crippen LogP contribution in [0.5, 0.6) is 0 Å². The third-order valence-electron chi connectivity index (χ3n) is 3.35. The Morgan fingerprint density at radius 1 is 1.39 bits per heavy atom. The zero-order valence-corrected chi connectivity index (χ0v) is 12.0. The number of carbonyl (C=O) groups is 1. The molecule has 1 aliphatic heterocycles. The number of thiazole rings is 1. The molecular weight excluding hydrogens is 246 g/mol. The highest BCUT2D eigenvalue weighted by Crippen LogP contribution is 2.11. The summed E-state index contributed by atoms with van der Waals surface area (Å²) in [6.07, 6.45) is 2.48. The van der Waals surface area contributed by atoms with E-state index < -0.39 is 0 Å². The highest BCUT2D eigenvalue weighted by Gasteiger charge is 2.18. The standard InChI is InChI=1S/C13H21N3OS/c1-11-14-12(10-18-11)4-3-5-13(17)16-8-6-15(2)7-9-16/h10H,3-9H2,1-2H3. The molecule has 18 heavy (non-hydrogen) atoms. The van der Waals surface area contributed by atoms with Gasteiger partial charge in [-0.1, -0.05) is 0 Å². The monoisotopic (exact) mass is 267 g/mol. The lowest BCUT2D eigenvalue weighted by Gasteiger charge is -2.32. The number of hydrogen-bond acceptors (Lipinski definition) is 4. The van der Waals surface area contributed by atoms with Crippen LogP contribution in [0.2, 0.25) is 0 Å². The summed E-state index contributed by atoms with van der Waals surface area (Å²) in [5, 5.41) is 3.20. The smallest absolute Gasteiger partial charge is 0.222 e. The SMILES string of the molecule is Cc1nc(CCCC(=O)N2CCN(C)CC2)cs1. The van der Waals surface area contributed by atoms with Crippen molar-refractivity contribution >= 4 is 17.2 Å². The van der Waals surface area contributed by atoms with Gasteiger partial charge in [0, 0.05) is 38.0 Å². The normalized spacial score (nSPS) is 17.1. The topological polar surface area (TPSA) is 36.4 Å². The number of nitrogens with zero attached hydrogens (tertiary/aromatic N) is 3. The molecule has 0 spiro atoms. The van der Waals surface area contributed by atoms with Crippen LogP contribution in [-0.2, 0) is 11.2 Å². The highest BCUT2D eigenvalue weighted by molar-refractivity contribution is 7.09. The molecule has 2 heterocycles. The zero-order valence-electron chi connectivity index (χ0n) is 11.2. The Kier molecular flexibility index (Phi) is 4.72. The van der Waals surface area contributed by atoms with E-state index >= 15 is 0 Å². The van der Waals surface area contributed by atoms with E-state index in [9.17, 15) is 4.79 Å². The number of aryl methyl sites for hydroxylation is 2. The molecule has 0 bridgehead atoms. The van der Waals surface area contributed by atoms with Gasteiger partial charge in [0.2, 0.25) is 5.91 Å². The summed E-state index contributed by atoms with van der Waals surface area (Å²) in [5.41, 5.74) is 1.13.